The Kier molecular flexibility index (Phi) is 8.26. The monoisotopic (exact) mass is 554 g/mol. The average Bonchev–Trinajstić information content (AvgIpc) is 3.74. The minimum absolute atomic E-state index is 0.0579. The van der Waals surface area contributed by atoms with Gasteiger partial charge in [0, 0.05) is 49.0 Å². The van der Waals surface area contributed by atoms with Crippen LogP contribution in [0, 0.1) is 17.2 Å². The Balaban J connectivity index is 1.38. The Labute approximate surface area is 232 Å². The quantitative estimate of drug-likeness (QED) is 0.398. The third kappa shape index (κ3) is 6.85. The van der Waals surface area contributed by atoms with Crippen molar-refractivity contribution in [2.24, 2.45) is 11.3 Å². The van der Waals surface area contributed by atoms with Crippen LogP contribution in [0.4, 0.5) is 20.6 Å². The van der Waals surface area contributed by atoms with E-state index in [4.69, 9.17) is 0 Å². The van der Waals surface area contributed by atoms with E-state index in [-0.39, 0.29) is 46.3 Å². The Morgan fingerprint density at radius 2 is 1.82 bits per heavy atom. The smallest absolute Gasteiger partial charge is 0.407 e. The van der Waals surface area contributed by atoms with Crippen molar-refractivity contribution in [1.29, 1.82) is 0 Å². The van der Waals surface area contributed by atoms with E-state index in [0.29, 0.717) is 25.1 Å². The van der Waals surface area contributed by atoms with E-state index in [2.05, 4.69) is 21.0 Å². The zero-order chi connectivity index (χ0) is 29.2. The van der Waals surface area contributed by atoms with Gasteiger partial charge in [-0.1, -0.05) is 20.8 Å². The third-order valence-corrected chi connectivity index (χ3v) is 7.20. The molecule has 4 rings (SSSR count). The second-order valence-electron chi connectivity index (χ2n) is 11.4. The van der Waals surface area contributed by atoms with Crippen LogP contribution in [0.5, 0.6) is 0 Å². The third-order valence-electron chi connectivity index (χ3n) is 7.20. The predicted octanol–water partition coefficient (Wildman–Crippen LogP) is 3.76. The molecule has 4 N–H and O–H groups in total. The predicted molar refractivity (Wildman–Crippen MR) is 145 cm³/mol. The summed E-state index contributed by atoms with van der Waals surface area (Å²) in [6, 6.07) is 6.54. The first-order valence-corrected chi connectivity index (χ1v) is 13.2. The van der Waals surface area contributed by atoms with Crippen molar-refractivity contribution in [3.63, 3.8) is 0 Å². The van der Waals surface area contributed by atoms with Crippen molar-refractivity contribution in [3.8, 4) is 0 Å². The zero-order valence-corrected chi connectivity index (χ0v) is 23.0. The molecule has 214 valence electrons. The summed E-state index contributed by atoms with van der Waals surface area (Å²) in [5, 5.41) is 16.4. The standard InChI is InChI=1S/C28H35FN6O5/c1-28(2,3)23-15-19(10-12-35(23)27(39)40)32-24(36)17-7-8-21(20(29)13-17)31-18-9-11-30-22(14-18)26(38)34(4)33-25(37)16-5-6-16/h7-9,11,13-14,16,19,23H,5-6,10,12,15H2,1-4H3,(H,30,31)(H,32,36)(H,33,37)(H,39,40). The maximum Gasteiger partial charge on any atom is 0.407 e. The Morgan fingerprint density at radius 1 is 1.10 bits per heavy atom. The van der Waals surface area contributed by atoms with Gasteiger partial charge in [-0.2, -0.15) is 0 Å². The van der Waals surface area contributed by atoms with E-state index < -0.39 is 23.7 Å². The summed E-state index contributed by atoms with van der Waals surface area (Å²) < 4.78 is 15.0. The van der Waals surface area contributed by atoms with Crippen LogP contribution in [-0.4, -0.2) is 69.5 Å². The molecule has 1 aromatic carbocycles. The Hall–Kier alpha value is -4.22. The molecule has 1 aromatic heterocycles. The van der Waals surface area contributed by atoms with Crippen LogP contribution < -0.4 is 16.1 Å². The molecule has 1 saturated carbocycles. The molecule has 2 aliphatic rings. The van der Waals surface area contributed by atoms with E-state index in [1.54, 1.807) is 6.07 Å². The van der Waals surface area contributed by atoms with Crippen molar-refractivity contribution in [2.45, 2.75) is 58.5 Å². The normalized spacial score (nSPS) is 19.0. The molecular formula is C28H35FN6O5. The van der Waals surface area contributed by atoms with Crippen LogP contribution in [0.2, 0.25) is 0 Å². The largest absolute Gasteiger partial charge is 0.465 e. The first-order chi connectivity index (χ1) is 18.8. The van der Waals surface area contributed by atoms with Gasteiger partial charge in [-0.25, -0.2) is 9.18 Å². The number of benzene rings is 1. The van der Waals surface area contributed by atoms with Crippen LogP contribution in [0.15, 0.2) is 36.5 Å². The molecule has 12 heteroatoms. The minimum Gasteiger partial charge on any atom is -0.465 e. The highest BCUT2D eigenvalue weighted by Crippen LogP contribution is 2.32. The van der Waals surface area contributed by atoms with Gasteiger partial charge in [-0.15, -0.1) is 0 Å². The molecule has 11 nitrogen and oxygen atoms in total. The van der Waals surface area contributed by atoms with E-state index in [9.17, 15) is 28.7 Å². The van der Waals surface area contributed by atoms with Gasteiger partial charge in [0.15, 0.2) is 0 Å². The SMILES string of the molecule is CN(NC(=O)C1CC1)C(=O)c1cc(Nc2ccc(C(=O)NC3CCN(C(=O)O)C(C(C)(C)C)C3)cc2F)ccn1. The molecule has 0 radical (unpaired) electrons. The summed E-state index contributed by atoms with van der Waals surface area (Å²) in [6.07, 6.45) is 2.96. The van der Waals surface area contributed by atoms with Crippen molar-refractivity contribution >= 4 is 35.2 Å². The fourth-order valence-corrected chi connectivity index (χ4v) is 4.78. The number of carboxylic acid groups (broad SMARTS) is 1. The Morgan fingerprint density at radius 3 is 2.45 bits per heavy atom. The number of carbonyl (C=O) groups excluding carboxylic acids is 3. The number of aromatic nitrogens is 1. The highest BCUT2D eigenvalue weighted by molar-refractivity contribution is 5.96. The maximum atomic E-state index is 15.0. The molecule has 4 amide bonds. The fraction of sp³-hybridized carbons (Fsp3) is 0.464. The Bertz CT molecular complexity index is 1310. The number of nitrogens with one attached hydrogen (secondary N) is 3. The summed E-state index contributed by atoms with van der Waals surface area (Å²) in [6.45, 7) is 6.20. The molecule has 2 heterocycles. The van der Waals surface area contributed by atoms with E-state index >= 15 is 0 Å². The maximum absolute atomic E-state index is 15.0. The highest BCUT2D eigenvalue weighted by Gasteiger charge is 2.39. The second kappa shape index (κ2) is 11.5. The van der Waals surface area contributed by atoms with E-state index in [0.717, 1.165) is 23.9 Å². The fourth-order valence-electron chi connectivity index (χ4n) is 4.78. The second-order valence-corrected chi connectivity index (χ2v) is 11.4. The first-order valence-electron chi connectivity index (χ1n) is 13.2. The van der Waals surface area contributed by atoms with Crippen LogP contribution in [0.1, 0.15) is 67.3 Å². The lowest BCUT2D eigenvalue weighted by molar-refractivity contribution is -0.125. The summed E-state index contributed by atoms with van der Waals surface area (Å²) in [4.78, 5) is 54.7. The minimum atomic E-state index is -0.979. The van der Waals surface area contributed by atoms with Crippen molar-refractivity contribution < 1.29 is 28.7 Å². The molecule has 0 spiro atoms. The van der Waals surface area contributed by atoms with E-state index in [1.165, 1.54) is 36.3 Å². The van der Waals surface area contributed by atoms with Gasteiger partial charge in [-0.3, -0.25) is 29.8 Å². The molecule has 2 atom stereocenters. The lowest BCUT2D eigenvalue weighted by atomic mass is 9.79. The molecule has 2 aromatic rings. The number of piperidine rings is 1. The average molecular weight is 555 g/mol. The van der Waals surface area contributed by atoms with Crippen LogP contribution in [-0.2, 0) is 4.79 Å². The molecular weight excluding hydrogens is 519 g/mol. The number of hydrogen-bond donors (Lipinski definition) is 4. The lowest BCUT2D eigenvalue weighted by Crippen LogP contribution is -2.56. The van der Waals surface area contributed by atoms with Gasteiger partial charge in [-0.05, 0) is 61.4 Å². The van der Waals surface area contributed by atoms with Gasteiger partial charge >= 0.3 is 6.09 Å². The highest BCUT2D eigenvalue weighted by atomic mass is 19.1. The number of likely N-dealkylation sites (tertiary alicyclic amines) is 1. The number of hydrogen-bond acceptors (Lipinski definition) is 6. The molecule has 2 fully saturated rings. The molecule has 2 unspecified atom stereocenters. The van der Waals surface area contributed by atoms with Gasteiger partial charge in [0.05, 0.1) is 5.69 Å². The summed E-state index contributed by atoms with van der Waals surface area (Å²) in [7, 11) is 1.44. The summed E-state index contributed by atoms with van der Waals surface area (Å²) in [5.41, 5.74) is 2.92. The van der Waals surface area contributed by atoms with Crippen molar-refractivity contribution in [1.82, 2.24) is 25.6 Å². The summed E-state index contributed by atoms with van der Waals surface area (Å²) in [5.74, 6) is -1.90. The molecule has 40 heavy (non-hydrogen) atoms. The number of carbonyl (C=O) groups is 4. The molecule has 1 aliphatic carbocycles. The van der Waals surface area contributed by atoms with Crippen LogP contribution in [0.25, 0.3) is 0 Å². The van der Waals surface area contributed by atoms with Gasteiger partial charge in [0.1, 0.15) is 11.5 Å². The zero-order valence-electron chi connectivity index (χ0n) is 23.0. The lowest BCUT2D eigenvalue weighted by Gasteiger charge is -2.44. The van der Waals surface area contributed by atoms with E-state index in [1.807, 2.05) is 20.8 Å². The van der Waals surface area contributed by atoms with Crippen LogP contribution in [0.3, 0.4) is 0 Å². The molecule has 1 aliphatic heterocycles. The van der Waals surface area contributed by atoms with Crippen molar-refractivity contribution in [2.75, 3.05) is 18.9 Å². The molecule has 1 saturated heterocycles. The number of nitrogens with zero attached hydrogens (tertiary/aromatic N) is 3. The first kappa shape index (κ1) is 28.8. The number of pyridine rings is 1. The number of anilines is 2. The van der Waals surface area contributed by atoms with Crippen molar-refractivity contribution in [3.05, 3.63) is 53.6 Å². The van der Waals surface area contributed by atoms with Gasteiger partial charge < -0.3 is 20.6 Å². The van der Waals surface area contributed by atoms with Gasteiger partial charge in [0.25, 0.3) is 11.8 Å². The number of hydrazine groups is 1. The topological polar surface area (TPSA) is 144 Å². The summed E-state index contributed by atoms with van der Waals surface area (Å²) >= 11 is 0. The van der Waals surface area contributed by atoms with Crippen LogP contribution >= 0.6 is 0 Å². The molecule has 0 bridgehead atoms. The number of rotatable bonds is 6. The number of amides is 4. The number of halogens is 1. The van der Waals surface area contributed by atoms with Gasteiger partial charge in [0.2, 0.25) is 5.91 Å².